The molecule has 0 saturated carbocycles. The standard InChI is InChI=1S/C28H32F3N5OS/c1-19-17-23(20(2)36(19)22-8-5-7-21(18-22)28(29,30)31)26-25(24-9-3-4-10-32-24)33-27(38)35(26)12-6-11-34-13-15-37-16-14-34/h3-5,7-10,17-18,25-26H,6,11-16H2,1-2H3,(H,33,38). The lowest BCUT2D eigenvalue weighted by atomic mass is 9.96. The largest absolute Gasteiger partial charge is 0.416 e. The molecule has 2 aliphatic rings. The minimum Gasteiger partial charge on any atom is -0.379 e. The Morgan fingerprint density at radius 2 is 1.84 bits per heavy atom. The van der Waals surface area contributed by atoms with Gasteiger partial charge < -0.3 is 19.5 Å². The predicted molar refractivity (Wildman–Crippen MR) is 144 cm³/mol. The second-order valence-corrected chi connectivity index (χ2v) is 10.2. The molecule has 2 aromatic heterocycles. The maximum Gasteiger partial charge on any atom is 0.416 e. The van der Waals surface area contributed by atoms with Crippen molar-refractivity contribution in [2.75, 3.05) is 39.4 Å². The molecule has 2 atom stereocenters. The molecule has 2 fully saturated rings. The smallest absolute Gasteiger partial charge is 0.379 e. The van der Waals surface area contributed by atoms with Crippen LogP contribution in [-0.2, 0) is 10.9 Å². The molecule has 3 aromatic rings. The second-order valence-electron chi connectivity index (χ2n) is 9.84. The summed E-state index contributed by atoms with van der Waals surface area (Å²) in [6, 6.07) is 13.0. The molecule has 1 aromatic carbocycles. The van der Waals surface area contributed by atoms with Crippen molar-refractivity contribution in [3.63, 3.8) is 0 Å². The minimum absolute atomic E-state index is 0.146. The summed E-state index contributed by atoms with van der Waals surface area (Å²) in [5.74, 6) is 0. The molecule has 4 heterocycles. The molecule has 2 aliphatic heterocycles. The van der Waals surface area contributed by atoms with E-state index < -0.39 is 11.7 Å². The van der Waals surface area contributed by atoms with Crippen LogP contribution in [-0.4, -0.2) is 63.9 Å². The molecule has 0 amide bonds. The summed E-state index contributed by atoms with van der Waals surface area (Å²) in [7, 11) is 0. The van der Waals surface area contributed by atoms with E-state index in [1.54, 1.807) is 12.3 Å². The van der Waals surface area contributed by atoms with Crippen LogP contribution in [0.1, 0.15) is 46.7 Å². The molecule has 202 valence electrons. The number of aryl methyl sites for hydroxylation is 1. The van der Waals surface area contributed by atoms with Gasteiger partial charge in [0, 0.05) is 49.5 Å². The van der Waals surface area contributed by atoms with Crippen molar-refractivity contribution in [3.05, 3.63) is 82.9 Å². The summed E-state index contributed by atoms with van der Waals surface area (Å²) in [5, 5.41) is 4.15. The van der Waals surface area contributed by atoms with Gasteiger partial charge in [-0.1, -0.05) is 12.1 Å². The summed E-state index contributed by atoms with van der Waals surface area (Å²) in [6.07, 6.45) is -1.71. The lowest BCUT2D eigenvalue weighted by Gasteiger charge is -2.30. The lowest BCUT2D eigenvalue weighted by Crippen LogP contribution is -2.39. The number of aromatic nitrogens is 2. The normalized spacial score (nSPS) is 20.7. The van der Waals surface area contributed by atoms with E-state index in [-0.39, 0.29) is 12.1 Å². The highest BCUT2D eigenvalue weighted by Gasteiger charge is 2.41. The van der Waals surface area contributed by atoms with Crippen LogP contribution in [0, 0.1) is 13.8 Å². The first-order valence-corrected chi connectivity index (χ1v) is 13.3. The van der Waals surface area contributed by atoms with Gasteiger partial charge in [-0.25, -0.2) is 0 Å². The quantitative estimate of drug-likeness (QED) is 0.414. The molecule has 6 nitrogen and oxygen atoms in total. The zero-order valence-corrected chi connectivity index (χ0v) is 22.4. The Morgan fingerprint density at radius 3 is 2.55 bits per heavy atom. The molecule has 2 unspecified atom stereocenters. The fraction of sp³-hybridized carbons (Fsp3) is 0.429. The van der Waals surface area contributed by atoms with E-state index in [1.807, 2.05) is 36.6 Å². The van der Waals surface area contributed by atoms with Gasteiger partial charge in [0.05, 0.1) is 36.6 Å². The monoisotopic (exact) mass is 543 g/mol. The molecular weight excluding hydrogens is 511 g/mol. The van der Waals surface area contributed by atoms with Crippen molar-refractivity contribution in [1.82, 2.24) is 24.7 Å². The van der Waals surface area contributed by atoms with Gasteiger partial charge in [-0.05, 0) is 74.4 Å². The van der Waals surface area contributed by atoms with Crippen molar-refractivity contribution in [3.8, 4) is 5.69 Å². The Labute approximate surface area is 226 Å². The van der Waals surface area contributed by atoms with Crippen molar-refractivity contribution in [2.45, 2.75) is 38.5 Å². The summed E-state index contributed by atoms with van der Waals surface area (Å²) in [6.45, 7) is 8.98. The number of halogens is 3. The first kappa shape index (κ1) is 26.6. The summed E-state index contributed by atoms with van der Waals surface area (Å²) < 4.78 is 47.8. The zero-order valence-electron chi connectivity index (χ0n) is 21.5. The summed E-state index contributed by atoms with van der Waals surface area (Å²) in [5.41, 5.74) is 3.47. The van der Waals surface area contributed by atoms with Crippen LogP contribution in [0.5, 0.6) is 0 Å². The number of pyridine rings is 1. The lowest BCUT2D eigenvalue weighted by molar-refractivity contribution is -0.137. The first-order valence-electron chi connectivity index (χ1n) is 12.9. The third kappa shape index (κ3) is 5.43. The molecule has 0 aliphatic carbocycles. The topological polar surface area (TPSA) is 45.6 Å². The molecule has 5 rings (SSSR count). The number of nitrogens with one attached hydrogen (secondary N) is 1. The van der Waals surface area contributed by atoms with Gasteiger partial charge in [-0.3, -0.25) is 9.88 Å². The van der Waals surface area contributed by atoms with Crippen molar-refractivity contribution < 1.29 is 17.9 Å². The Balaban J connectivity index is 1.49. The molecule has 0 bridgehead atoms. The van der Waals surface area contributed by atoms with E-state index in [0.29, 0.717) is 10.8 Å². The van der Waals surface area contributed by atoms with Crippen LogP contribution in [0.2, 0.25) is 0 Å². The highest BCUT2D eigenvalue weighted by molar-refractivity contribution is 7.80. The van der Waals surface area contributed by atoms with Gasteiger partial charge >= 0.3 is 6.18 Å². The molecule has 10 heteroatoms. The Morgan fingerprint density at radius 1 is 1.05 bits per heavy atom. The number of rotatable bonds is 7. The van der Waals surface area contributed by atoms with Crippen molar-refractivity contribution >= 4 is 17.3 Å². The fourth-order valence-electron chi connectivity index (χ4n) is 5.58. The van der Waals surface area contributed by atoms with Crippen LogP contribution in [0.3, 0.4) is 0 Å². The van der Waals surface area contributed by atoms with E-state index in [4.69, 9.17) is 17.0 Å². The third-order valence-electron chi connectivity index (χ3n) is 7.40. The maximum absolute atomic E-state index is 13.5. The first-order chi connectivity index (χ1) is 18.2. The van der Waals surface area contributed by atoms with E-state index in [2.05, 4.69) is 26.2 Å². The van der Waals surface area contributed by atoms with Crippen LogP contribution in [0.15, 0.2) is 54.7 Å². The van der Waals surface area contributed by atoms with Gasteiger partial charge in [-0.15, -0.1) is 0 Å². The maximum atomic E-state index is 13.5. The van der Waals surface area contributed by atoms with E-state index in [0.717, 1.165) is 74.5 Å². The highest BCUT2D eigenvalue weighted by Crippen LogP contribution is 2.41. The Bertz CT molecular complexity index is 1270. The third-order valence-corrected chi connectivity index (χ3v) is 7.75. The van der Waals surface area contributed by atoms with Gasteiger partial charge in [0.25, 0.3) is 0 Å². The van der Waals surface area contributed by atoms with Crippen LogP contribution in [0.25, 0.3) is 5.69 Å². The average molecular weight is 544 g/mol. The minimum atomic E-state index is -4.41. The summed E-state index contributed by atoms with van der Waals surface area (Å²) >= 11 is 5.82. The molecule has 2 saturated heterocycles. The molecule has 1 N–H and O–H groups in total. The number of benzene rings is 1. The number of nitrogens with zero attached hydrogens (tertiary/aromatic N) is 4. The average Bonchev–Trinajstić information content (AvgIpc) is 3.39. The van der Waals surface area contributed by atoms with Crippen LogP contribution >= 0.6 is 12.2 Å². The van der Waals surface area contributed by atoms with Gasteiger partial charge in [0.1, 0.15) is 0 Å². The van der Waals surface area contributed by atoms with Crippen LogP contribution in [0.4, 0.5) is 13.2 Å². The van der Waals surface area contributed by atoms with Crippen molar-refractivity contribution in [2.24, 2.45) is 0 Å². The predicted octanol–water partition coefficient (Wildman–Crippen LogP) is 5.20. The molecular formula is C28H32F3N5OS. The molecule has 0 spiro atoms. The van der Waals surface area contributed by atoms with Gasteiger partial charge in [0.15, 0.2) is 5.11 Å². The number of alkyl halides is 3. The van der Waals surface area contributed by atoms with Gasteiger partial charge in [-0.2, -0.15) is 13.2 Å². The number of thiocarbonyl (C=S) groups is 1. The highest BCUT2D eigenvalue weighted by atomic mass is 32.1. The van der Waals surface area contributed by atoms with E-state index in [9.17, 15) is 13.2 Å². The second kappa shape index (κ2) is 11.0. The number of ether oxygens (including phenoxy) is 1. The van der Waals surface area contributed by atoms with Crippen LogP contribution < -0.4 is 5.32 Å². The molecule has 38 heavy (non-hydrogen) atoms. The number of hydrogen-bond acceptors (Lipinski definition) is 4. The Kier molecular flexibility index (Phi) is 7.74. The SMILES string of the molecule is Cc1cc(C2C(c3ccccn3)NC(=S)N2CCCN2CCOCC2)c(C)n1-c1cccc(C(F)(F)F)c1. The van der Waals surface area contributed by atoms with E-state index >= 15 is 0 Å². The Hall–Kier alpha value is -2.95. The van der Waals surface area contributed by atoms with Gasteiger partial charge in [0.2, 0.25) is 0 Å². The number of hydrogen-bond donors (Lipinski definition) is 1. The number of morpholine rings is 1. The zero-order chi connectivity index (χ0) is 26.9. The molecule has 0 radical (unpaired) electrons. The fourth-order valence-corrected chi connectivity index (χ4v) is 5.91. The summed E-state index contributed by atoms with van der Waals surface area (Å²) in [4.78, 5) is 9.23. The van der Waals surface area contributed by atoms with E-state index in [1.165, 1.54) is 12.1 Å². The van der Waals surface area contributed by atoms with Crippen molar-refractivity contribution in [1.29, 1.82) is 0 Å².